The Kier molecular flexibility index (Phi) is 50.3. The number of nitrogens with one attached hydrogen (secondary N) is 1. The molecule has 0 fully saturated rings. The lowest BCUT2D eigenvalue weighted by atomic mass is 10.0. The van der Waals surface area contributed by atoms with E-state index in [1.165, 1.54) is 103 Å². The van der Waals surface area contributed by atoms with E-state index >= 15 is 0 Å². The molecule has 1 N–H and O–H groups in total. The first kappa shape index (κ1) is 65.9. The SMILES string of the molecule is CCCCC/C=C\C/C=C\CCCCCCCC(=O)OCC(COC(=O)CCCCCCC/C=C\CCCCCCCC)OC(=O)CCC(CCCCCCCCCC)OC(=O)NCCN(C)CC. The first-order valence-corrected chi connectivity index (χ1v) is 28.8. The second kappa shape index (κ2) is 52.7. The van der Waals surface area contributed by atoms with Gasteiger partial charge in [-0.1, -0.05) is 193 Å². The van der Waals surface area contributed by atoms with E-state index in [0.717, 1.165) is 109 Å². The fourth-order valence-electron chi connectivity index (χ4n) is 8.04. The van der Waals surface area contributed by atoms with Gasteiger partial charge in [0.1, 0.15) is 19.3 Å². The summed E-state index contributed by atoms with van der Waals surface area (Å²) < 4.78 is 22.8. The second-order valence-corrected chi connectivity index (χ2v) is 19.4. The van der Waals surface area contributed by atoms with E-state index in [-0.39, 0.29) is 38.0 Å². The Bertz CT molecular complexity index is 1270. The Labute approximate surface area is 424 Å². The minimum atomic E-state index is -0.921. The molecule has 2 atom stereocenters. The first-order valence-electron chi connectivity index (χ1n) is 28.8. The molecule has 0 aromatic heterocycles. The van der Waals surface area contributed by atoms with E-state index < -0.39 is 24.3 Å². The van der Waals surface area contributed by atoms with Gasteiger partial charge in [0.05, 0.1) is 0 Å². The summed E-state index contributed by atoms with van der Waals surface area (Å²) in [7, 11) is 2.00. The Morgan fingerprint density at radius 2 is 0.841 bits per heavy atom. The van der Waals surface area contributed by atoms with Gasteiger partial charge < -0.3 is 29.2 Å². The number of ether oxygens (including phenoxy) is 4. The predicted molar refractivity (Wildman–Crippen MR) is 289 cm³/mol. The van der Waals surface area contributed by atoms with Crippen molar-refractivity contribution in [3.63, 3.8) is 0 Å². The van der Waals surface area contributed by atoms with Gasteiger partial charge in [0, 0.05) is 32.4 Å². The van der Waals surface area contributed by atoms with E-state index in [2.05, 4.69) is 74.4 Å². The summed E-state index contributed by atoms with van der Waals surface area (Å²) in [4.78, 5) is 53.7. The number of esters is 3. The molecular formula is C59H108N2O8. The molecule has 10 nitrogen and oxygen atoms in total. The number of amides is 1. The van der Waals surface area contributed by atoms with Crippen LogP contribution in [0.3, 0.4) is 0 Å². The summed E-state index contributed by atoms with van der Waals surface area (Å²) in [5.74, 6) is -1.20. The minimum Gasteiger partial charge on any atom is -0.462 e. The van der Waals surface area contributed by atoms with Crippen LogP contribution in [0.2, 0.25) is 0 Å². The number of alkyl carbamates (subject to hydrolysis) is 1. The molecule has 2 unspecified atom stereocenters. The van der Waals surface area contributed by atoms with Gasteiger partial charge in [-0.05, 0) is 103 Å². The Hall–Kier alpha value is -3.14. The van der Waals surface area contributed by atoms with Crippen molar-refractivity contribution in [2.45, 2.75) is 277 Å². The fraction of sp³-hybridized carbons (Fsp3) is 0.831. The number of hydrogen-bond acceptors (Lipinski definition) is 9. The van der Waals surface area contributed by atoms with Crippen LogP contribution in [0.15, 0.2) is 36.5 Å². The van der Waals surface area contributed by atoms with Crippen molar-refractivity contribution in [3.05, 3.63) is 36.5 Å². The summed E-state index contributed by atoms with van der Waals surface area (Å²) in [5.41, 5.74) is 0. The van der Waals surface area contributed by atoms with Crippen molar-refractivity contribution < 1.29 is 38.1 Å². The third-order valence-electron chi connectivity index (χ3n) is 12.8. The highest BCUT2D eigenvalue weighted by atomic mass is 16.6. The van der Waals surface area contributed by atoms with Crippen LogP contribution >= 0.6 is 0 Å². The van der Waals surface area contributed by atoms with Crippen LogP contribution in [0.1, 0.15) is 265 Å². The van der Waals surface area contributed by atoms with Crippen molar-refractivity contribution in [2.75, 3.05) is 39.9 Å². The summed E-state index contributed by atoms with van der Waals surface area (Å²) in [6.45, 7) is 10.5. The van der Waals surface area contributed by atoms with Gasteiger partial charge in [-0.15, -0.1) is 0 Å². The molecule has 0 saturated carbocycles. The molecule has 0 bridgehead atoms. The summed E-state index contributed by atoms with van der Waals surface area (Å²) in [5, 5.41) is 2.85. The molecule has 0 radical (unpaired) electrons. The Morgan fingerprint density at radius 1 is 0.435 bits per heavy atom. The van der Waals surface area contributed by atoms with Crippen molar-refractivity contribution in [2.24, 2.45) is 0 Å². The maximum atomic E-state index is 13.3. The summed E-state index contributed by atoms with van der Waals surface area (Å²) in [6.07, 6.45) is 50.2. The van der Waals surface area contributed by atoms with Gasteiger partial charge in [0.15, 0.2) is 6.10 Å². The van der Waals surface area contributed by atoms with Gasteiger partial charge in [-0.2, -0.15) is 0 Å². The number of carbonyl (C=O) groups excluding carboxylic acids is 4. The standard InChI is InChI=1S/C59H108N2O8/c1-6-10-13-16-19-22-24-26-28-30-32-34-37-40-43-46-56(62)66-52-55(53-67-57(63)47-44-41-38-35-33-31-29-27-25-23-20-17-14-11-7-2)68-58(64)49-48-54(45-42-39-36-21-18-15-12-8-3)69-59(65)60-50-51-61(5)9-4/h19,22,26-29,54-55H,6-18,20-21,23-25,30-53H2,1-5H3,(H,60,65)/b22-19-,28-26-,29-27-. The van der Waals surface area contributed by atoms with Gasteiger partial charge in [0.25, 0.3) is 0 Å². The molecule has 1 amide bonds. The van der Waals surface area contributed by atoms with Crippen LogP contribution in [-0.2, 0) is 33.3 Å². The predicted octanol–water partition coefficient (Wildman–Crippen LogP) is 16.2. The van der Waals surface area contributed by atoms with Crippen LogP contribution in [0.25, 0.3) is 0 Å². The highest BCUT2D eigenvalue weighted by Gasteiger charge is 2.22. The minimum absolute atomic E-state index is 0.0206. The normalized spacial score (nSPS) is 12.6. The Morgan fingerprint density at radius 3 is 1.32 bits per heavy atom. The molecular weight excluding hydrogens is 865 g/mol. The van der Waals surface area contributed by atoms with Crippen molar-refractivity contribution in [1.82, 2.24) is 10.2 Å². The van der Waals surface area contributed by atoms with Crippen LogP contribution in [0.5, 0.6) is 0 Å². The molecule has 0 aromatic rings. The quantitative estimate of drug-likeness (QED) is 0.0275. The smallest absolute Gasteiger partial charge is 0.407 e. The lowest BCUT2D eigenvalue weighted by molar-refractivity contribution is -0.167. The number of hydrogen-bond donors (Lipinski definition) is 1. The highest BCUT2D eigenvalue weighted by molar-refractivity contribution is 5.71. The number of allylic oxidation sites excluding steroid dienone is 6. The molecule has 69 heavy (non-hydrogen) atoms. The maximum Gasteiger partial charge on any atom is 0.407 e. The molecule has 0 aromatic carbocycles. The van der Waals surface area contributed by atoms with Crippen LogP contribution in [0.4, 0.5) is 4.79 Å². The average Bonchev–Trinajstić information content (AvgIpc) is 3.34. The molecule has 0 aliphatic carbocycles. The Balaban J connectivity index is 5.02. The van der Waals surface area contributed by atoms with Gasteiger partial charge in [-0.3, -0.25) is 14.4 Å². The van der Waals surface area contributed by atoms with E-state index in [9.17, 15) is 19.2 Å². The van der Waals surface area contributed by atoms with Crippen LogP contribution < -0.4 is 5.32 Å². The van der Waals surface area contributed by atoms with E-state index in [1.54, 1.807) is 0 Å². The number of carbonyl (C=O) groups is 4. The lowest BCUT2D eigenvalue weighted by Gasteiger charge is -2.21. The van der Waals surface area contributed by atoms with Crippen molar-refractivity contribution in [1.29, 1.82) is 0 Å². The van der Waals surface area contributed by atoms with Gasteiger partial charge >= 0.3 is 24.0 Å². The first-order chi connectivity index (χ1) is 33.7. The van der Waals surface area contributed by atoms with Crippen molar-refractivity contribution in [3.8, 4) is 0 Å². The lowest BCUT2D eigenvalue weighted by Crippen LogP contribution is -2.35. The molecule has 0 aliphatic heterocycles. The second-order valence-electron chi connectivity index (χ2n) is 19.4. The molecule has 0 saturated heterocycles. The monoisotopic (exact) mass is 973 g/mol. The number of unbranched alkanes of at least 4 members (excludes halogenated alkanes) is 26. The molecule has 10 heteroatoms. The zero-order chi connectivity index (χ0) is 50.5. The molecule has 0 rings (SSSR count). The zero-order valence-electron chi connectivity index (χ0n) is 45.5. The summed E-state index contributed by atoms with van der Waals surface area (Å²) >= 11 is 0. The topological polar surface area (TPSA) is 120 Å². The summed E-state index contributed by atoms with van der Waals surface area (Å²) in [6, 6.07) is 0. The van der Waals surface area contributed by atoms with Crippen molar-refractivity contribution >= 4 is 24.0 Å². The number of rotatable bonds is 51. The number of nitrogens with zero attached hydrogens (tertiary/aromatic N) is 1. The largest absolute Gasteiger partial charge is 0.462 e. The van der Waals surface area contributed by atoms with E-state index in [4.69, 9.17) is 18.9 Å². The molecule has 0 spiro atoms. The van der Waals surface area contributed by atoms with Gasteiger partial charge in [-0.25, -0.2) is 4.79 Å². The third-order valence-corrected chi connectivity index (χ3v) is 12.8. The molecule has 402 valence electrons. The molecule has 0 aliphatic rings. The van der Waals surface area contributed by atoms with Crippen LogP contribution in [-0.4, -0.2) is 81.0 Å². The highest BCUT2D eigenvalue weighted by Crippen LogP contribution is 2.17. The maximum absolute atomic E-state index is 13.3. The average molecular weight is 974 g/mol. The van der Waals surface area contributed by atoms with Crippen LogP contribution in [0, 0.1) is 0 Å². The van der Waals surface area contributed by atoms with E-state index in [1.807, 2.05) is 7.05 Å². The fourth-order valence-corrected chi connectivity index (χ4v) is 8.04. The third kappa shape index (κ3) is 49.6. The zero-order valence-corrected chi connectivity index (χ0v) is 45.5. The molecule has 0 heterocycles. The van der Waals surface area contributed by atoms with Gasteiger partial charge in [0.2, 0.25) is 0 Å². The number of likely N-dealkylation sites (N-methyl/N-ethyl adjacent to an activating group) is 1. The van der Waals surface area contributed by atoms with E-state index in [0.29, 0.717) is 32.4 Å².